The fourth-order valence-corrected chi connectivity index (χ4v) is 2.40. The Hall–Kier alpha value is -1.39. The normalized spacial score (nSPS) is 11.5. The van der Waals surface area contributed by atoms with Gasteiger partial charge in [-0.3, -0.25) is 0 Å². The molecule has 5 heteroatoms. The van der Waals surface area contributed by atoms with Crippen molar-refractivity contribution in [3.05, 3.63) is 53.8 Å². The smallest absolute Gasteiger partial charge is 0.207 e. The van der Waals surface area contributed by atoms with Crippen molar-refractivity contribution in [1.82, 2.24) is 0 Å². The number of aryl methyl sites for hydroxylation is 1. The van der Waals surface area contributed by atoms with Gasteiger partial charge < -0.3 is 0 Å². The number of hydrogen-bond acceptors (Lipinski definition) is 2. The van der Waals surface area contributed by atoms with E-state index >= 15 is 0 Å². The second kappa shape index (κ2) is 4.71. The zero-order valence-electron chi connectivity index (χ0n) is 9.52. The van der Waals surface area contributed by atoms with Gasteiger partial charge in [0.1, 0.15) is 5.82 Å². The maximum absolute atomic E-state index is 13.4. The summed E-state index contributed by atoms with van der Waals surface area (Å²) in [5, 5.41) is 0. The van der Waals surface area contributed by atoms with Crippen LogP contribution in [0, 0.1) is 12.7 Å². The molecule has 0 spiro atoms. The van der Waals surface area contributed by atoms with Crippen LogP contribution in [0.4, 0.5) is 4.39 Å². The van der Waals surface area contributed by atoms with Crippen LogP contribution in [0.2, 0.25) is 0 Å². The van der Waals surface area contributed by atoms with Crippen molar-refractivity contribution in [2.45, 2.75) is 11.8 Å². The molecular formula is C13H10ClFO2S. The molecule has 0 unspecified atom stereocenters. The quantitative estimate of drug-likeness (QED) is 0.788. The van der Waals surface area contributed by atoms with Gasteiger partial charge in [0.05, 0.1) is 4.90 Å². The Morgan fingerprint density at radius 1 is 1.00 bits per heavy atom. The van der Waals surface area contributed by atoms with Crippen molar-refractivity contribution >= 4 is 19.7 Å². The Morgan fingerprint density at radius 3 is 2.17 bits per heavy atom. The molecule has 0 fully saturated rings. The minimum atomic E-state index is -3.93. The Morgan fingerprint density at radius 2 is 1.61 bits per heavy atom. The highest BCUT2D eigenvalue weighted by Crippen LogP contribution is 2.26. The van der Waals surface area contributed by atoms with Gasteiger partial charge in [0.25, 0.3) is 9.05 Å². The van der Waals surface area contributed by atoms with Gasteiger partial charge in [0, 0.05) is 10.7 Å². The molecule has 0 aliphatic heterocycles. The molecule has 0 saturated heterocycles. The first-order valence-electron chi connectivity index (χ1n) is 5.18. The lowest BCUT2D eigenvalue weighted by atomic mass is 10.0. The summed E-state index contributed by atoms with van der Waals surface area (Å²) in [5.41, 5.74) is 2.29. The maximum Gasteiger partial charge on any atom is 0.261 e. The summed E-state index contributed by atoms with van der Waals surface area (Å²) in [6, 6.07) is 10.9. The van der Waals surface area contributed by atoms with E-state index in [9.17, 15) is 12.8 Å². The molecule has 0 bridgehead atoms. The lowest BCUT2D eigenvalue weighted by molar-refractivity contribution is 0.602. The molecule has 94 valence electrons. The highest BCUT2D eigenvalue weighted by atomic mass is 35.7. The molecule has 2 rings (SSSR count). The largest absolute Gasteiger partial charge is 0.261 e. The third-order valence-corrected chi connectivity index (χ3v) is 3.87. The average molecular weight is 285 g/mol. The molecule has 2 aromatic rings. The Labute approximate surface area is 109 Å². The first-order valence-corrected chi connectivity index (χ1v) is 7.49. The molecule has 0 atom stereocenters. The van der Waals surface area contributed by atoms with Crippen LogP contribution in [-0.2, 0) is 9.05 Å². The van der Waals surface area contributed by atoms with Crippen molar-refractivity contribution < 1.29 is 12.8 Å². The SMILES string of the molecule is Cc1ccc(-c2cc(F)cc(S(=O)(=O)Cl)c2)cc1. The van der Waals surface area contributed by atoms with E-state index in [2.05, 4.69) is 0 Å². The van der Waals surface area contributed by atoms with Crippen LogP contribution in [0.15, 0.2) is 47.4 Å². The standard InChI is InChI=1S/C13H10ClFO2S/c1-9-2-4-10(5-3-9)11-6-12(15)8-13(7-11)18(14,16)17/h2-8H,1H3. The Balaban J connectivity index is 2.59. The first-order chi connectivity index (χ1) is 8.36. The number of hydrogen-bond donors (Lipinski definition) is 0. The molecule has 0 aromatic heterocycles. The molecule has 0 aliphatic carbocycles. The Kier molecular flexibility index (Phi) is 3.41. The third-order valence-electron chi connectivity index (χ3n) is 2.54. The molecule has 0 heterocycles. The van der Waals surface area contributed by atoms with Gasteiger partial charge in [-0.25, -0.2) is 12.8 Å². The second-order valence-corrected chi connectivity index (χ2v) is 6.55. The molecule has 0 radical (unpaired) electrons. The number of halogens is 2. The third kappa shape index (κ3) is 2.89. The lowest BCUT2D eigenvalue weighted by Crippen LogP contribution is -1.93. The van der Waals surface area contributed by atoms with Gasteiger partial charge in [0.15, 0.2) is 0 Å². The van der Waals surface area contributed by atoms with Crippen LogP contribution >= 0.6 is 10.7 Å². The van der Waals surface area contributed by atoms with Gasteiger partial charge in [-0.05, 0) is 36.2 Å². The predicted molar refractivity (Wildman–Crippen MR) is 69.6 cm³/mol. The fraction of sp³-hybridized carbons (Fsp3) is 0.0769. The molecule has 0 saturated carbocycles. The molecule has 0 amide bonds. The number of rotatable bonds is 2. The van der Waals surface area contributed by atoms with Gasteiger partial charge in [-0.2, -0.15) is 0 Å². The molecular weight excluding hydrogens is 275 g/mol. The van der Waals surface area contributed by atoms with E-state index in [4.69, 9.17) is 10.7 Å². The van der Waals surface area contributed by atoms with Gasteiger partial charge in [-0.1, -0.05) is 29.8 Å². The minimum Gasteiger partial charge on any atom is -0.207 e. The molecule has 0 N–H and O–H groups in total. The summed E-state index contributed by atoms with van der Waals surface area (Å²) in [7, 11) is 1.29. The van der Waals surface area contributed by atoms with Gasteiger partial charge in [-0.15, -0.1) is 0 Å². The summed E-state index contributed by atoms with van der Waals surface area (Å²) in [4.78, 5) is -0.236. The maximum atomic E-state index is 13.4. The van der Waals surface area contributed by atoms with Crippen LogP contribution in [0.25, 0.3) is 11.1 Å². The van der Waals surface area contributed by atoms with E-state index in [1.54, 1.807) is 12.1 Å². The van der Waals surface area contributed by atoms with Gasteiger partial charge >= 0.3 is 0 Å². The van der Waals surface area contributed by atoms with Crippen molar-refractivity contribution in [1.29, 1.82) is 0 Å². The molecule has 2 aromatic carbocycles. The summed E-state index contributed by atoms with van der Waals surface area (Å²) >= 11 is 0. The van der Waals surface area contributed by atoms with Crippen LogP contribution < -0.4 is 0 Å². The summed E-state index contributed by atoms with van der Waals surface area (Å²) in [5.74, 6) is -0.632. The second-order valence-electron chi connectivity index (χ2n) is 3.98. The lowest BCUT2D eigenvalue weighted by Gasteiger charge is -2.05. The van der Waals surface area contributed by atoms with Crippen LogP contribution in [-0.4, -0.2) is 8.42 Å². The monoisotopic (exact) mass is 284 g/mol. The Bertz CT molecular complexity index is 679. The highest BCUT2D eigenvalue weighted by molar-refractivity contribution is 8.13. The summed E-state index contributed by atoms with van der Waals surface area (Å²) in [6.07, 6.45) is 0. The van der Waals surface area contributed by atoms with E-state index < -0.39 is 14.9 Å². The first kappa shape index (κ1) is 13.1. The minimum absolute atomic E-state index is 0.236. The average Bonchev–Trinajstić information content (AvgIpc) is 2.28. The van der Waals surface area contributed by atoms with E-state index in [-0.39, 0.29) is 4.90 Å². The topological polar surface area (TPSA) is 34.1 Å². The number of benzene rings is 2. The summed E-state index contributed by atoms with van der Waals surface area (Å²) < 4.78 is 35.8. The van der Waals surface area contributed by atoms with Crippen LogP contribution in [0.1, 0.15) is 5.56 Å². The van der Waals surface area contributed by atoms with Crippen molar-refractivity contribution in [3.63, 3.8) is 0 Å². The molecule has 0 aliphatic rings. The molecule has 18 heavy (non-hydrogen) atoms. The van der Waals surface area contributed by atoms with Crippen molar-refractivity contribution in [2.24, 2.45) is 0 Å². The van der Waals surface area contributed by atoms with Crippen molar-refractivity contribution in [2.75, 3.05) is 0 Å². The van der Waals surface area contributed by atoms with Crippen LogP contribution in [0.3, 0.4) is 0 Å². The van der Waals surface area contributed by atoms with Crippen molar-refractivity contribution in [3.8, 4) is 11.1 Å². The van der Waals surface area contributed by atoms with E-state index in [0.717, 1.165) is 17.2 Å². The predicted octanol–water partition coefficient (Wildman–Crippen LogP) is 3.73. The molecule has 2 nitrogen and oxygen atoms in total. The van der Waals surface area contributed by atoms with Gasteiger partial charge in [0.2, 0.25) is 0 Å². The summed E-state index contributed by atoms with van der Waals surface area (Å²) in [6.45, 7) is 1.93. The van der Waals surface area contributed by atoms with E-state index in [0.29, 0.717) is 5.56 Å². The van der Waals surface area contributed by atoms with E-state index in [1.165, 1.54) is 12.1 Å². The van der Waals surface area contributed by atoms with E-state index in [1.807, 2.05) is 19.1 Å². The fourth-order valence-electron chi connectivity index (χ4n) is 1.62. The highest BCUT2D eigenvalue weighted by Gasteiger charge is 2.13. The zero-order valence-corrected chi connectivity index (χ0v) is 11.1. The zero-order chi connectivity index (χ0) is 13.3. The van der Waals surface area contributed by atoms with Crippen LogP contribution in [0.5, 0.6) is 0 Å².